The van der Waals surface area contributed by atoms with Crippen LogP contribution in [0, 0.1) is 0 Å². The fraction of sp³-hybridized carbons (Fsp3) is 0.462. The minimum atomic E-state index is -0.301. The number of ether oxygens (including phenoxy) is 2. The zero-order valence-corrected chi connectivity index (χ0v) is 18.9. The summed E-state index contributed by atoms with van der Waals surface area (Å²) in [6, 6.07) is 15.0. The molecular weight excluding hydrogens is 388 g/mol. The van der Waals surface area contributed by atoms with Gasteiger partial charge in [-0.15, -0.1) is 0 Å². The number of amides is 1. The van der Waals surface area contributed by atoms with Crippen LogP contribution in [0.5, 0.6) is 11.5 Å². The molecule has 5 heteroatoms. The molecule has 0 aliphatic heterocycles. The Labute approximate surface area is 186 Å². The van der Waals surface area contributed by atoms with E-state index in [2.05, 4.69) is 24.4 Å². The molecule has 0 saturated carbocycles. The average Bonchev–Trinajstić information content (AvgIpc) is 2.79. The lowest BCUT2D eigenvalue weighted by Gasteiger charge is -2.13. The summed E-state index contributed by atoms with van der Waals surface area (Å²) < 4.78 is 11.8. The summed E-state index contributed by atoms with van der Waals surface area (Å²) in [5.41, 5.74) is 3.97. The number of hydrazone groups is 1. The van der Waals surface area contributed by atoms with Crippen molar-refractivity contribution in [1.82, 2.24) is 5.43 Å². The first-order valence-electron chi connectivity index (χ1n) is 11.5. The SMILES string of the molecule is CCCCCCOc1ccc(C(=O)N/N=C/c2ccccc2)c(OCCCCCC)c1. The molecule has 1 amide bonds. The topological polar surface area (TPSA) is 59.9 Å². The normalized spacial score (nSPS) is 10.9. The maximum Gasteiger partial charge on any atom is 0.275 e. The van der Waals surface area contributed by atoms with Gasteiger partial charge in [0.25, 0.3) is 5.91 Å². The van der Waals surface area contributed by atoms with Gasteiger partial charge in [-0.1, -0.05) is 82.7 Å². The molecule has 1 N–H and O–H groups in total. The predicted molar refractivity (Wildman–Crippen MR) is 127 cm³/mol. The lowest BCUT2D eigenvalue weighted by Crippen LogP contribution is -2.19. The molecule has 0 spiro atoms. The van der Waals surface area contributed by atoms with Gasteiger partial charge in [0.05, 0.1) is 25.0 Å². The summed E-state index contributed by atoms with van der Waals surface area (Å²) in [5, 5.41) is 4.07. The van der Waals surface area contributed by atoms with Crippen LogP contribution in [0.3, 0.4) is 0 Å². The minimum absolute atomic E-state index is 0.301. The van der Waals surface area contributed by atoms with E-state index in [4.69, 9.17) is 9.47 Å². The Kier molecular flexibility index (Phi) is 11.9. The van der Waals surface area contributed by atoms with Crippen LogP contribution in [0.25, 0.3) is 0 Å². The number of unbranched alkanes of at least 4 members (excludes halogenated alkanes) is 6. The van der Waals surface area contributed by atoms with E-state index in [9.17, 15) is 4.79 Å². The zero-order chi connectivity index (χ0) is 22.2. The minimum Gasteiger partial charge on any atom is -0.493 e. The first-order chi connectivity index (χ1) is 15.2. The predicted octanol–water partition coefficient (Wildman–Crippen LogP) is 6.37. The Hall–Kier alpha value is -2.82. The molecule has 5 nitrogen and oxygen atoms in total. The van der Waals surface area contributed by atoms with Gasteiger partial charge in [-0.2, -0.15) is 5.10 Å². The van der Waals surface area contributed by atoms with Crippen LogP contribution in [0.15, 0.2) is 53.6 Å². The molecule has 2 aromatic carbocycles. The molecule has 2 rings (SSSR count). The zero-order valence-electron chi connectivity index (χ0n) is 18.9. The molecule has 0 unspecified atom stereocenters. The molecule has 168 valence electrons. The Morgan fingerprint density at radius 2 is 1.55 bits per heavy atom. The quantitative estimate of drug-likeness (QED) is 0.205. The van der Waals surface area contributed by atoms with E-state index in [1.165, 1.54) is 25.7 Å². The fourth-order valence-electron chi connectivity index (χ4n) is 3.09. The van der Waals surface area contributed by atoms with Crippen molar-refractivity contribution in [2.75, 3.05) is 13.2 Å². The highest BCUT2D eigenvalue weighted by atomic mass is 16.5. The van der Waals surface area contributed by atoms with Gasteiger partial charge in [-0.05, 0) is 30.5 Å². The van der Waals surface area contributed by atoms with Gasteiger partial charge in [0.15, 0.2) is 0 Å². The van der Waals surface area contributed by atoms with Crippen molar-refractivity contribution in [2.24, 2.45) is 5.10 Å². The number of benzene rings is 2. The first kappa shape index (κ1) is 24.4. The maximum atomic E-state index is 12.7. The smallest absolute Gasteiger partial charge is 0.275 e. The van der Waals surface area contributed by atoms with Crippen LogP contribution in [0.1, 0.15) is 81.1 Å². The molecule has 0 radical (unpaired) electrons. The molecule has 31 heavy (non-hydrogen) atoms. The number of rotatable bonds is 15. The van der Waals surface area contributed by atoms with Crippen molar-refractivity contribution >= 4 is 12.1 Å². The van der Waals surface area contributed by atoms with Gasteiger partial charge in [0, 0.05) is 6.07 Å². The Bertz CT molecular complexity index is 790. The van der Waals surface area contributed by atoms with E-state index in [0.717, 1.165) is 37.0 Å². The van der Waals surface area contributed by atoms with E-state index < -0.39 is 0 Å². The largest absolute Gasteiger partial charge is 0.493 e. The van der Waals surface area contributed by atoms with E-state index >= 15 is 0 Å². The van der Waals surface area contributed by atoms with E-state index in [-0.39, 0.29) is 5.91 Å². The van der Waals surface area contributed by atoms with E-state index in [1.807, 2.05) is 42.5 Å². The molecule has 2 aromatic rings. The van der Waals surface area contributed by atoms with Crippen LogP contribution in [0.4, 0.5) is 0 Å². The van der Waals surface area contributed by atoms with Crippen molar-refractivity contribution in [1.29, 1.82) is 0 Å². The van der Waals surface area contributed by atoms with Gasteiger partial charge in [0.1, 0.15) is 11.5 Å². The Morgan fingerprint density at radius 1 is 0.871 bits per heavy atom. The van der Waals surface area contributed by atoms with Crippen LogP contribution < -0.4 is 14.9 Å². The van der Waals surface area contributed by atoms with Crippen molar-refractivity contribution < 1.29 is 14.3 Å². The van der Waals surface area contributed by atoms with Crippen LogP contribution in [-0.4, -0.2) is 25.3 Å². The number of nitrogens with zero attached hydrogens (tertiary/aromatic N) is 1. The van der Waals surface area contributed by atoms with Crippen molar-refractivity contribution in [3.05, 3.63) is 59.7 Å². The average molecular weight is 425 g/mol. The molecule has 0 bridgehead atoms. The monoisotopic (exact) mass is 424 g/mol. The van der Waals surface area contributed by atoms with Gasteiger partial charge in [0.2, 0.25) is 0 Å². The third kappa shape index (κ3) is 9.69. The van der Waals surface area contributed by atoms with Crippen LogP contribution in [0.2, 0.25) is 0 Å². The van der Waals surface area contributed by atoms with Gasteiger partial charge in [-0.25, -0.2) is 5.43 Å². The molecule has 0 aliphatic carbocycles. The second-order valence-corrected chi connectivity index (χ2v) is 7.59. The summed E-state index contributed by atoms with van der Waals surface area (Å²) in [4.78, 5) is 12.7. The molecule has 0 saturated heterocycles. The third-order valence-corrected chi connectivity index (χ3v) is 4.90. The first-order valence-corrected chi connectivity index (χ1v) is 11.5. The van der Waals surface area contributed by atoms with Gasteiger partial charge >= 0.3 is 0 Å². The second kappa shape index (κ2) is 15.1. The lowest BCUT2D eigenvalue weighted by molar-refractivity contribution is 0.0951. The summed E-state index contributed by atoms with van der Waals surface area (Å²) >= 11 is 0. The standard InChI is InChI=1S/C26H36N2O3/c1-3-5-7-12-18-30-23-16-17-24(25(20-23)31-19-13-8-6-4-2)26(29)28-27-21-22-14-10-9-11-15-22/h9-11,14-17,20-21H,3-8,12-13,18-19H2,1-2H3,(H,28,29)/b27-21+. The van der Waals surface area contributed by atoms with Crippen molar-refractivity contribution in [3.63, 3.8) is 0 Å². The summed E-state index contributed by atoms with van der Waals surface area (Å²) in [6.07, 6.45) is 10.7. The van der Waals surface area contributed by atoms with Crippen molar-refractivity contribution in [3.8, 4) is 11.5 Å². The molecule has 0 heterocycles. The lowest BCUT2D eigenvalue weighted by atomic mass is 10.1. The molecule has 0 aliphatic rings. The van der Waals surface area contributed by atoms with E-state index in [0.29, 0.717) is 24.5 Å². The van der Waals surface area contributed by atoms with Crippen molar-refractivity contribution in [2.45, 2.75) is 65.2 Å². The summed E-state index contributed by atoms with van der Waals surface area (Å²) in [5.74, 6) is 0.963. The maximum absolute atomic E-state index is 12.7. The molecular formula is C26H36N2O3. The Morgan fingerprint density at radius 3 is 2.23 bits per heavy atom. The highest BCUT2D eigenvalue weighted by Gasteiger charge is 2.14. The number of carbonyl (C=O) groups is 1. The molecule has 0 fully saturated rings. The van der Waals surface area contributed by atoms with E-state index in [1.54, 1.807) is 12.3 Å². The van der Waals surface area contributed by atoms with Gasteiger partial charge in [-0.3, -0.25) is 4.79 Å². The van der Waals surface area contributed by atoms with Crippen LogP contribution >= 0.6 is 0 Å². The number of carbonyl (C=O) groups excluding carboxylic acids is 1. The Balaban J connectivity index is 2.00. The third-order valence-electron chi connectivity index (χ3n) is 4.90. The molecule has 0 atom stereocenters. The highest BCUT2D eigenvalue weighted by molar-refractivity contribution is 5.97. The van der Waals surface area contributed by atoms with Crippen LogP contribution in [-0.2, 0) is 0 Å². The summed E-state index contributed by atoms with van der Waals surface area (Å²) in [7, 11) is 0. The highest BCUT2D eigenvalue weighted by Crippen LogP contribution is 2.26. The van der Waals surface area contributed by atoms with Gasteiger partial charge < -0.3 is 9.47 Å². The summed E-state index contributed by atoms with van der Waals surface area (Å²) in [6.45, 7) is 5.62. The number of nitrogens with one attached hydrogen (secondary N) is 1. The number of hydrogen-bond acceptors (Lipinski definition) is 4. The number of hydrogen-bond donors (Lipinski definition) is 1. The fourth-order valence-corrected chi connectivity index (χ4v) is 3.09. The second-order valence-electron chi connectivity index (χ2n) is 7.59. The molecule has 0 aromatic heterocycles.